The second-order valence-corrected chi connectivity index (χ2v) is 7.94. The largest absolute Gasteiger partial charge is 0.396 e. The van der Waals surface area contributed by atoms with E-state index in [0.29, 0.717) is 24.0 Å². The number of benzene rings is 2. The Kier molecular flexibility index (Phi) is 3.86. The van der Waals surface area contributed by atoms with Crippen molar-refractivity contribution in [1.82, 2.24) is 4.90 Å². The zero-order valence-electron chi connectivity index (χ0n) is 15.7. The molecule has 2 atom stereocenters. The number of likely N-dealkylation sites (tertiary alicyclic amines) is 1. The summed E-state index contributed by atoms with van der Waals surface area (Å²) in [5, 5.41) is 21.8. The molecule has 2 aromatic carbocycles. The van der Waals surface area contributed by atoms with Crippen molar-refractivity contribution in [3.05, 3.63) is 80.9 Å². The summed E-state index contributed by atoms with van der Waals surface area (Å²) in [6.07, 6.45) is 0.945. The van der Waals surface area contributed by atoms with Crippen LogP contribution in [0, 0.1) is 22.0 Å². The number of aliphatic hydroxyl groups is 1. The van der Waals surface area contributed by atoms with E-state index in [2.05, 4.69) is 0 Å². The summed E-state index contributed by atoms with van der Waals surface area (Å²) in [6.45, 7) is 0.153. The molecule has 0 unspecified atom stereocenters. The van der Waals surface area contributed by atoms with Crippen molar-refractivity contribution < 1.29 is 19.6 Å². The highest BCUT2D eigenvalue weighted by atomic mass is 16.6. The monoisotopic (exact) mass is 392 g/mol. The molecule has 4 aliphatic rings. The van der Waals surface area contributed by atoms with Gasteiger partial charge in [0.05, 0.1) is 5.92 Å². The lowest BCUT2D eigenvalue weighted by atomic mass is 9.51. The fourth-order valence-corrected chi connectivity index (χ4v) is 5.70. The summed E-state index contributed by atoms with van der Waals surface area (Å²) in [4.78, 5) is 40.3. The topological polar surface area (TPSA) is 101 Å². The fourth-order valence-electron chi connectivity index (χ4n) is 5.70. The number of hydrogen-bond donors (Lipinski definition) is 1. The molecule has 2 aromatic rings. The van der Waals surface area contributed by atoms with E-state index >= 15 is 0 Å². The minimum absolute atomic E-state index is 0.0264. The predicted octanol–water partition coefficient (Wildman–Crippen LogP) is 2.04. The Morgan fingerprint density at radius 2 is 1.55 bits per heavy atom. The maximum atomic E-state index is 13.4. The van der Waals surface area contributed by atoms with Crippen LogP contribution in [0.2, 0.25) is 0 Å². The summed E-state index contributed by atoms with van der Waals surface area (Å²) in [7, 11) is 0. The van der Waals surface area contributed by atoms with Crippen molar-refractivity contribution in [2.75, 3.05) is 13.2 Å². The molecule has 1 aliphatic heterocycles. The molecule has 1 fully saturated rings. The molecular formula is C22H20N2O5. The minimum Gasteiger partial charge on any atom is -0.396 e. The van der Waals surface area contributed by atoms with Gasteiger partial charge in [0.2, 0.25) is 11.8 Å². The lowest BCUT2D eigenvalue weighted by Crippen LogP contribution is -2.57. The van der Waals surface area contributed by atoms with E-state index in [1.54, 1.807) is 24.3 Å². The first kappa shape index (κ1) is 18.0. The van der Waals surface area contributed by atoms with Crippen LogP contribution in [0.1, 0.15) is 41.0 Å². The van der Waals surface area contributed by atoms with Crippen LogP contribution in [0.3, 0.4) is 0 Å². The van der Waals surface area contributed by atoms with Crippen LogP contribution in [0.4, 0.5) is 0 Å². The van der Waals surface area contributed by atoms with Crippen LogP contribution in [0.25, 0.3) is 0 Å². The van der Waals surface area contributed by atoms with Gasteiger partial charge in [0.25, 0.3) is 5.54 Å². The Balaban J connectivity index is 1.76. The molecule has 0 aromatic heterocycles. The molecule has 7 nitrogen and oxygen atoms in total. The molecule has 1 N–H and O–H groups in total. The van der Waals surface area contributed by atoms with Gasteiger partial charge in [-0.15, -0.1) is 0 Å². The lowest BCUT2D eigenvalue weighted by Gasteiger charge is -2.48. The molecule has 2 bridgehead atoms. The van der Waals surface area contributed by atoms with E-state index in [0.717, 1.165) is 11.1 Å². The molecule has 148 valence electrons. The SMILES string of the molecule is O=C1[C@@H]2C3c4ccccc4C([N+](=O)[O-])(c4ccccc43)[C@@H]2C(=O)N1CCCCO. The zero-order valence-corrected chi connectivity index (χ0v) is 15.7. The van der Waals surface area contributed by atoms with E-state index in [-0.39, 0.29) is 29.9 Å². The van der Waals surface area contributed by atoms with Gasteiger partial charge < -0.3 is 5.11 Å². The van der Waals surface area contributed by atoms with Gasteiger partial charge in [0.1, 0.15) is 5.92 Å². The zero-order chi connectivity index (χ0) is 20.3. The van der Waals surface area contributed by atoms with E-state index in [4.69, 9.17) is 5.11 Å². The highest BCUT2D eigenvalue weighted by molar-refractivity contribution is 6.08. The number of aliphatic hydroxyl groups excluding tert-OH is 1. The highest BCUT2D eigenvalue weighted by Crippen LogP contribution is 2.64. The fraction of sp³-hybridized carbons (Fsp3) is 0.364. The van der Waals surface area contributed by atoms with Crippen LogP contribution >= 0.6 is 0 Å². The molecule has 1 heterocycles. The Hall–Kier alpha value is -3.06. The highest BCUT2D eigenvalue weighted by Gasteiger charge is 2.74. The molecule has 0 radical (unpaired) electrons. The van der Waals surface area contributed by atoms with Crippen molar-refractivity contribution in [3.63, 3.8) is 0 Å². The van der Waals surface area contributed by atoms with Gasteiger partial charge in [-0.25, -0.2) is 0 Å². The van der Waals surface area contributed by atoms with E-state index < -0.39 is 23.3 Å². The van der Waals surface area contributed by atoms with Gasteiger partial charge in [-0.05, 0) is 24.0 Å². The summed E-state index contributed by atoms with van der Waals surface area (Å²) in [6, 6.07) is 14.3. The Labute approximate surface area is 167 Å². The molecular weight excluding hydrogens is 372 g/mol. The van der Waals surface area contributed by atoms with Crippen LogP contribution in [0.15, 0.2) is 48.5 Å². The van der Waals surface area contributed by atoms with Crippen LogP contribution in [-0.2, 0) is 15.1 Å². The van der Waals surface area contributed by atoms with Gasteiger partial charge in [0.15, 0.2) is 0 Å². The molecule has 0 spiro atoms. The first-order valence-corrected chi connectivity index (χ1v) is 9.84. The Bertz CT molecular complexity index is 1000. The first-order valence-electron chi connectivity index (χ1n) is 9.84. The standard InChI is InChI=1S/C22H20N2O5/c25-12-6-5-11-23-20(26)18-17-13-7-1-3-9-15(13)22(24(28)29,19(18)21(23)27)16-10-4-2-8-14(16)17/h1-4,7-10,17-19,25H,5-6,11-12H2/t17?,18-,19+,22?/m1/s1. The van der Waals surface area contributed by atoms with Gasteiger partial charge in [0, 0.05) is 35.1 Å². The van der Waals surface area contributed by atoms with Gasteiger partial charge in [-0.1, -0.05) is 48.5 Å². The van der Waals surface area contributed by atoms with E-state index in [1.165, 1.54) is 4.90 Å². The van der Waals surface area contributed by atoms with Crippen LogP contribution < -0.4 is 0 Å². The maximum absolute atomic E-state index is 13.4. The third kappa shape index (κ3) is 2.05. The minimum atomic E-state index is -1.76. The number of carbonyl (C=O) groups excluding carboxylic acids is 2. The number of unbranched alkanes of at least 4 members (excludes halogenated alkanes) is 1. The second-order valence-electron chi connectivity index (χ2n) is 7.94. The lowest BCUT2D eigenvalue weighted by molar-refractivity contribution is -0.578. The molecule has 29 heavy (non-hydrogen) atoms. The van der Waals surface area contributed by atoms with Crippen LogP contribution in [0.5, 0.6) is 0 Å². The first-order chi connectivity index (χ1) is 14.0. The van der Waals surface area contributed by atoms with Gasteiger partial charge >= 0.3 is 0 Å². The number of rotatable bonds is 5. The Morgan fingerprint density at radius 1 is 0.966 bits per heavy atom. The molecule has 7 heteroatoms. The number of amides is 2. The smallest absolute Gasteiger partial charge is 0.284 e. The number of nitro groups is 1. The summed E-state index contributed by atoms with van der Waals surface area (Å²) in [5.41, 5.74) is 0.817. The van der Waals surface area contributed by atoms with Crippen LogP contribution in [-0.4, -0.2) is 39.9 Å². The third-order valence-electron chi connectivity index (χ3n) is 6.74. The molecule has 6 rings (SSSR count). The summed E-state index contributed by atoms with van der Waals surface area (Å²) >= 11 is 0. The summed E-state index contributed by atoms with van der Waals surface area (Å²) < 4.78 is 0. The van der Waals surface area contributed by atoms with Crippen molar-refractivity contribution >= 4 is 11.8 Å². The van der Waals surface area contributed by atoms with Crippen molar-refractivity contribution in [2.24, 2.45) is 11.8 Å². The van der Waals surface area contributed by atoms with Crippen molar-refractivity contribution in [1.29, 1.82) is 0 Å². The predicted molar refractivity (Wildman–Crippen MR) is 103 cm³/mol. The quantitative estimate of drug-likeness (QED) is 0.363. The normalized spacial score (nSPS) is 28.9. The number of carbonyl (C=O) groups is 2. The number of imide groups is 1. The molecule has 2 amide bonds. The van der Waals surface area contributed by atoms with Crippen molar-refractivity contribution in [2.45, 2.75) is 24.3 Å². The number of hydrogen-bond acceptors (Lipinski definition) is 5. The second kappa shape index (κ2) is 6.22. The van der Waals surface area contributed by atoms with E-state index in [9.17, 15) is 19.7 Å². The molecule has 3 aliphatic carbocycles. The van der Waals surface area contributed by atoms with E-state index in [1.807, 2.05) is 24.3 Å². The third-order valence-corrected chi connectivity index (χ3v) is 6.74. The summed E-state index contributed by atoms with van der Waals surface area (Å²) in [5.74, 6) is -2.99. The van der Waals surface area contributed by atoms with Crippen molar-refractivity contribution in [3.8, 4) is 0 Å². The molecule has 1 saturated heterocycles. The average Bonchev–Trinajstić information content (AvgIpc) is 2.99. The molecule has 0 saturated carbocycles. The maximum Gasteiger partial charge on any atom is 0.284 e. The van der Waals surface area contributed by atoms with Gasteiger partial charge in [-0.3, -0.25) is 24.6 Å². The Morgan fingerprint density at radius 3 is 2.10 bits per heavy atom. The van der Waals surface area contributed by atoms with Gasteiger partial charge in [-0.2, -0.15) is 0 Å². The number of nitrogens with zero attached hydrogens (tertiary/aromatic N) is 2. The average molecular weight is 392 g/mol.